The first-order chi connectivity index (χ1) is 8.06. The summed E-state index contributed by atoms with van der Waals surface area (Å²) in [5, 5.41) is 11.5. The normalized spacial score (nSPS) is 10.6. The fourth-order valence-corrected chi connectivity index (χ4v) is 2.13. The Morgan fingerprint density at radius 2 is 2.00 bits per heavy atom. The van der Waals surface area contributed by atoms with Crippen molar-refractivity contribution in [2.75, 3.05) is 11.9 Å². The molecule has 0 unspecified atom stereocenters. The molecule has 0 radical (unpaired) electrons. The lowest BCUT2D eigenvalue weighted by molar-refractivity contribution is 0.834. The van der Waals surface area contributed by atoms with Crippen LogP contribution in [0.2, 0.25) is 0 Å². The van der Waals surface area contributed by atoms with E-state index in [-0.39, 0.29) is 0 Å². The molecule has 0 saturated heterocycles. The van der Waals surface area contributed by atoms with E-state index in [0.29, 0.717) is 0 Å². The van der Waals surface area contributed by atoms with Gasteiger partial charge in [0.15, 0.2) is 5.82 Å². The smallest absolute Gasteiger partial charge is 0.151 e. The highest BCUT2D eigenvalue weighted by Gasteiger charge is 2.07. The summed E-state index contributed by atoms with van der Waals surface area (Å²) in [7, 11) is 2.01. The molecule has 0 atom stereocenters. The zero-order chi connectivity index (χ0) is 12.4. The Labute approximate surface area is 105 Å². The first-order valence-electron chi connectivity index (χ1n) is 5.49. The second-order valence-corrected chi connectivity index (χ2v) is 5.25. The average Bonchev–Trinajstić information content (AvgIpc) is 2.68. The molecule has 2 aromatic heterocycles. The van der Waals surface area contributed by atoms with Crippen molar-refractivity contribution in [2.45, 2.75) is 27.3 Å². The van der Waals surface area contributed by atoms with Crippen molar-refractivity contribution in [3.63, 3.8) is 0 Å². The minimum Gasteiger partial charge on any atom is -0.352 e. The molecule has 0 N–H and O–H groups in total. The fourth-order valence-electron chi connectivity index (χ4n) is 1.52. The van der Waals surface area contributed by atoms with Crippen LogP contribution in [0.3, 0.4) is 0 Å². The molecule has 2 rings (SSSR count). The van der Waals surface area contributed by atoms with Crippen molar-refractivity contribution in [2.24, 2.45) is 0 Å². The van der Waals surface area contributed by atoms with Gasteiger partial charge in [0, 0.05) is 12.4 Å². The van der Waals surface area contributed by atoms with Crippen LogP contribution in [0.15, 0.2) is 11.4 Å². The Morgan fingerprint density at radius 1 is 1.24 bits per heavy atom. The van der Waals surface area contributed by atoms with Gasteiger partial charge in [0.2, 0.25) is 0 Å². The van der Waals surface area contributed by atoms with E-state index in [1.165, 1.54) is 0 Å². The van der Waals surface area contributed by atoms with Crippen molar-refractivity contribution in [1.29, 1.82) is 0 Å². The molecule has 0 spiro atoms. The zero-order valence-electron chi connectivity index (χ0n) is 10.6. The van der Waals surface area contributed by atoms with Gasteiger partial charge in [-0.2, -0.15) is 5.10 Å². The molecule has 0 bridgehead atoms. The van der Waals surface area contributed by atoms with Crippen molar-refractivity contribution < 1.29 is 0 Å². The Hall–Kier alpha value is -1.49. The van der Waals surface area contributed by atoms with E-state index in [0.717, 1.165) is 34.3 Å². The second-order valence-electron chi connectivity index (χ2n) is 4.18. The van der Waals surface area contributed by atoms with E-state index in [2.05, 4.69) is 31.5 Å². The topological polar surface area (TPSA) is 41.9 Å². The first kappa shape index (κ1) is 12.0. The van der Waals surface area contributed by atoms with Gasteiger partial charge in [0.1, 0.15) is 0 Å². The van der Waals surface area contributed by atoms with E-state index >= 15 is 0 Å². The standard InChI is InChI=1S/C12H16N4S/c1-8-5-12(15-14-9(8)2)16(4)6-11-7-17-10(3)13-11/h5,7H,6H2,1-4H3. The predicted molar refractivity (Wildman–Crippen MR) is 70.5 cm³/mol. The average molecular weight is 248 g/mol. The predicted octanol–water partition coefficient (Wildman–Crippen LogP) is 2.49. The summed E-state index contributed by atoms with van der Waals surface area (Å²) < 4.78 is 0. The summed E-state index contributed by atoms with van der Waals surface area (Å²) in [5.74, 6) is 0.888. The molecule has 90 valence electrons. The van der Waals surface area contributed by atoms with Gasteiger partial charge >= 0.3 is 0 Å². The van der Waals surface area contributed by atoms with Gasteiger partial charge in [-0.05, 0) is 32.4 Å². The number of aromatic nitrogens is 3. The van der Waals surface area contributed by atoms with Gasteiger partial charge in [-0.1, -0.05) is 0 Å². The summed E-state index contributed by atoms with van der Waals surface area (Å²) >= 11 is 1.67. The summed E-state index contributed by atoms with van der Waals surface area (Å²) in [4.78, 5) is 6.51. The molecule has 17 heavy (non-hydrogen) atoms. The van der Waals surface area contributed by atoms with E-state index in [1.807, 2.05) is 27.8 Å². The fraction of sp³-hybridized carbons (Fsp3) is 0.417. The summed E-state index contributed by atoms with van der Waals surface area (Å²) in [6, 6.07) is 2.06. The third-order valence-corrected chi connectivity index (χ3v) is 3.50. The highest BCUT2D eigenvalue weighted by Crippen LogP contribution is 2.16. The van der Waals surface area contributed by atoms with E-state index in [1.54, 1.807) is 11.3 Å². The Bertz CT molecular complexity index is 521. The van der Waals surface area contributed by atoms with Gasteiger partial charge in [0.25, 0.3) is 0 Å². The van der Waals surface area contributed by atoms with Crippen LogP contribution < -0.4 is 4.90 Å². The maximum Gasteiger partial charge on any atom is 0.151 e. The Balaban J connectivity index is 2.14. The largest absolute Gasteiger partial charge is 0.352 e. The number of anilines is 1. The molecule has 0 amide bonds. The van der Waals surface area contributed by atoms with Crippen molar-refractivity contribution >= 4 is 17.2 Å². The molecule has 2 heterocycles. The van der Waals surface area contributed by atoms with Crippen LogP contribution in [0.4, 0.5) is 5.82 Å². The van der Waals surface area contributed by atoms with Gasteiger partial charge in [0.05, 0.1) is 22.9 Å². The van der Waals surface area contributed by atoms with E-state index < -0.39 is 0 Å². The minimum absolute atomic E-state index is 0.765. The number of aryl methyl sites for hydroxylation is 3. The monoisotopic (exact) mass is 248 g/mol. The van der Waals surface area contributed by atoms with Crippen LogP contribution in [0.5, 0.6) is 0 Å². The van der Waals surface area contributed by atoms with Crippen molar-refractivity contribution in [1.82, 2.24) is 15.2 Å². The summed E-state index contributed by atoms with van der Waals surface area (Å²) in [5.41, 5.74) is 3.22. The maximum atomic E-state index is 4.44. The van der Waals surface area contributed by atoms with Crippen LogP contribution in [0, 0.1) is 20.8 Å². The van der Waals surface area contributed by atoms with Crippen LogP contribution in [-0.2, 0) is 6.54 Å². The highest BCUT2D eigenvalue weighted by atomic mass is 32.1. The third-order valence-electron chi connectivity index (χ3n) is 2.68. The SMILES string of the molecule is Cc1nc(CN(C)c2cc(C)c(C)nn2)cs1. The molecular formula is C12H16N4S. The molecule has 2 aromatic rings. The zero-order valence-corrected chi connectivity index (χ0v) is 11.4. The molecule has 0 fully saturated rings. The van der Waals surface area contributed by atoms with Gasteiger partial charge in [-0.3, -0.25) is 0 Å². The Kier molecular flexibility index (Phi) is 3.38. The summed E-state index contributed by atoms with van der Waals surface area (Å²) in [6.45, 7) is 6.80. The lowest BCUT2D eigenvalue weighted by Gasteiger charge is -2.16. The third kappa shape index (κ3) is 2.79. The van der Waals surface area contributed by atoms with Crippen LogP contribution >= 0.6 is 11.3 Å². The quantitative estimate of drug-likeness (QED) is 0.837. The molecule has 4 nitrogen and oxygen atoms in total. The highest BCUT2D eigenvalue weighted by molar-refractivity contribution is 7.09. The molecule has 0 aliphatic rings. The van der Waals surface area contributed by atoms with Gasteiger partial charge in [-0.15, -0.1) is 16.4 Å². The maximum absolute atomic E-state index is 4.44. The van der Waals surface area contributed by atoms with E-state index in [4.69, 9.17) is 0 Å². The second kappa shape index (κ2) is 4.79. The molecule has 0 saturated carbocycles. The number of thiazole rings is 1. The van der Waals surface area contributed by atoms with Crippen LogP contribution in [-0.4, -0.2) is 22.2 Å². The minimum atomic E-state index is 0.765. The lowest BCUT2D eigenvalue weighted by atomic mass is 10.2. The molecular weight excluding hydrogens is 232 g/mol. The summed E-state index contributed by atoms with van der Waals surface area (Å²) in [6.07, 6.45) is 0. The Morgan fingerprint density at radius 3 is 2.59 bits per heavy atom. The van der Waals surface area contributed by atoms with Crippen molar-refractivity contribution in [3.8, 4) is 0 Å². The van der Waals surface area contributed by atoms with E-state index in [9.17, 15) is 0 Å². The van der Waals surface area contributed by atoms with Gasteiger partial charge < -0.3 is 4.90 Å². The number of rotatable bonds is 3. The molecule has 0 aliphatic carbocycles. The number of nitrogens with zero attached hydrogens (tertiary/aromatic N) is 4. The molecule has 0 aromatic carbocycles. The number of hydrogen-bond donors (Lipinski definition) is 0. The lowest BCUT2D eigenvalue weighted by Crippen LogP contribution is -2.18. The van der Waals surface area contributed by atoms with Crippen molar-refractivity contribution in [3.05, 3.63) is 33.4 Å². The van der Waals surface area contributed by atoms with Crippen LogP contribution in [0.25, 0.3) is 0 Å². The van der Waals surface area contributed by atoms with Gasteiger partial charge in [-0.25, -0.2) is 4.98 Å². The van der Waals surface area contributed by atoms with Crippen LogP contribution in [0.1, 0.15) is 22.0 Å². The molecule has 5 heteroatoms. The molecule has 0 aliphatic heterocycles. The first-order valence-corrected chi connectivity index (χ1v) is 6.37. The number of hydrogen-bond acceptors (Lipinski definition) is 5.